The molecule has 0 spiro atoms. The molecule has 0 atom stereocenters. The molecule has 2 aromatic heterocycles. The van der Waals surface area contributed by atoms with E-state index in [1.165, 1.54) is 7.11 Å². The Morgan fingerprint density at radius 1 is 1.57 bits per heavy atom. The number of fused-ring (bicyclic) bond motifs is 1. The number of nitrogens with zero attached hydrogens (tertiary/aromatic N) is 2. The molecule has 0 unspecified atom stereocenters. The molecule has 0 aliphatic carbocycles. The number of pyridine rings is 1. The third-order valence-electron chi connectivity index (χ3n) is 1.88. The Bertz CT molecular complexity index is 490. The van der Waals surface area contributed by atoms with Crippen molar-refractivity contribution in [3.63, 3.8) is 0 Å². The maximum atomic E-state index is 11.1. The Morgan fingerprint density at radius 2 is 2.36 bits per heavy atom. The quantitative estimate of drug-likeness (QED) is 0.674. The lowest BCUT2D eigenvalue weighted by Gasteiger charge is -1.93. The maximum Gasteiger partial charge on any atom is 0.358 e. The monoisotopic (exact) mass is 191 g/mol. The second-order valence-electron chi connectivity index (χ2n) is 2.85. The molecule has 0 fully saturated rings. The summed E-state index contributed by atoms with van der Waals surface area (Å²) in [7, 11) is 1.32. The van der Waals surface area contributed by atoms with Gasteiger partial charge in [0.15, 0.2) is 5.69 Å². The van der Waals surface area contributed by atoms with Gasteiger partial charge in [0.05, 0.1) is 12.6 Å². The third-order valence-corrected chi connectivity index (χ3v) is 1.88. The van der Waals surface area contributed by atoms with Crippen molar-refractivity contribution in [2.45, 2.75) is 0 Å². The van der Waals surface area contributed by atoms with Crippen molar-refractivity contribution in [2.24, 2.45) is 0 Å². The van der Waals surface area contributed by atoms with Crippen LogP contribution >= 0.6 is 0 Å². The summed E-state index contributed by atoms with van der Waals surface area (Å²) in [5, 5.41) is 4.01. The van der Waals surface area contributed by atoms with Crippen LogP contribution in [0.5, 0.6) is 0 Å². The number of methoxy groups -OCH3 is 1. The minimum Gasteiger partial charge on any atom is -0.464 e. The molecule has 0 amide bonds. The van der Waals surface area contributed by atoms with Crippen LogP contribution in [0.1, 0.15) is 10.5 Å². The molecule has 0 bridgehead atoms. The van der Waals surface area contributed by atoms with E-state index in [0.717, 1.165) is 5.52 Å². The Balaban J connectivity index is 2.56. The summed E-state index contributed by atoms with van der Waals surface area (Å²) in [6, 6.07) is 5.07. The van der Waals surface area contributed by atoms with Crippen LogP contribution in [0, 0.1) is 0 Å². The van der Waals surface area contributed by atoms with Crippen molar-refractivity contribution < 1.29 is 9.53 Å². The van der Waals surface area contributed by atoms with Gasteiger partial charge in [0.25, 0.3) is 0 Å². The number of nitrogen functional groups attached to an aromatic ring is 1. The van der Waals surface area contributed by atoms with Gasteiger partial charge in [-0.25, -0.2) is 9.31 Å². The molecule has 0 saturated carbocycles. The van der Waals surface area contributed by atoms with Crippen LogP contribution in [0.4, 0.5) is 5.69 Å². The van der Waals surface area contributed by atoms with Crippen molar-refractivity contribution in [3.05, 3.63) is 30.1 Å². The first kappa shape index (κ1) is 8.55. The Labute approximate surface area is 80.1 Å². The van der Waals surface area contributed by atoms with Gasteiger partial charge in [0, 0.05) is 11.9 Å². The third kappa shape index (κ3) is 1.28. The van der Waals surface area contributed by atoms with Crippen LogP contribution in [0.15, 0.2) is 24.4 Å². The number of aromatic nitrogens is 2. The molecule has 0 aromatic carbocycles. The predicted octanol–water partition coefficient (Wildman–Crippen LogP) is 0.703. The van der Waals surface area contributed by atoms with Crippen LogP contribution in [-0.2, 0) is 4.74 Å². The van der Waals surface area contributed by atoms with Crippen LogP contribution in [0.25, 0.3) is 5.52 Å². The molecule has 0 aliphatic rings. The molecular formula is C9H9N3O2. The molecule has 0 radical (unpaired) electrons. The van der Waals surface area contributed by atoms with Gasteiger partial charge in [-0.15, -0.1) is 0 Å². The van der Waals surface area contributed by atoms with Gasteiger partial charge in [-0.05, 0) is 18.2 Å². The van der Waals surface area contributed by atoms with Gasteiger partial charge in [0.1, 0.15) is 0 Å². The highest BCUT2D eigenvalue weighted by atomic mass is 16.5. The zero-order chi connectivity index (χ0) is 10.1. The zero-order valence-electron chi connectivity index (χ0n) is 7.60. The fourth-order valence-electron chi connectivity index (χ4n) is 1.22. The number of anilines is 1. The number of carbonyl (C=O) groups excluding carboxylic acids is 1. The van der Waals surface area contributed by atoms with Crippen molar-refractivity contribution in [1.29, 1.82) is 0 Å². The molecule has 2 heterocycles. The van der Waals surface area contributed by atoms with E-state index in [2.05, 4.69) is 9.84 Å². The molecule has 2 aromatic rings. The van der Waals surface area contributed by atoms with E-state index < -0.39 is 5.97 Å². The average Bonchev–Trinajstić information content (AvgIpc) is 2.59. The highest BCUT2D eigenvalue weighted by Crippen LogP contribution is 2.10. The van der Waals surface area contributed by atoms with Gasteiger partial charge in [-0.3, -0.25) is 0 Å². The summed E-state index contributed by atoms with van der Waals surface area (Å²) in [4.78, 5) is 11.1. The highest BCUT2D eigenvalue weighted by molar-refractivity contribution is 5.88. The number of rotatable bonds is 1. The minimum atomic E-state index is -0.452. The molecule has 5 heteroatoms. The smallest absolute Gasteiger partial charge is 0.358 e. The fraction of sp³-hybridized carbons (Fsp3) is 0.111. The summed E-state index contributed by atoms with van der Waals surface area (Å²) in [5.41, 5.74) is 7.26. The van der Waals surface area contributed by atoms with Crippen molar-refractivity contribution in [3.8, 4) is 0 Å². The number of hydrogen-bond acceptors (Lipinski definition) is 4. The predicted molar refractivity (Wildman–Crippen MR) is 50.9 cm³/mol. The summed E-state index contributed by atoms with van der Waals surface area (Å²) in [6.45, 7) is 0. The average molecular weight is 191 g/mol. The Kier molecular flexibility index (Phi) is 1.85. The second kappa shape index (κ2) is 3.02. The summed E-state index contributed by atoms with van der Waals surface area (Å²) in [6.07, 6.45) is 1.69. The van der Waals surface area contributed by atoms with Crippen molar-refractivity contribution in [2.75, 3.05) is 12.8 Å². The molecule has 72 valence electrons. The van der Waals surface area contributed by atoms with Crippen LogP contribution in [0.3, 0.4) is 0 Å². The summed E-state index contributed by atoms with van der Waals surface area (Å²) >= 11 is 0. The number of esters is 1. The van der Waals surface area contributed by atoms with Crippen molar-refractivity contribution in [1.82, 2.24) is 9.61 Å². The van der Waals surface area contributed by atoms with Crippen LogP contribution in [-0.4, -0.2) is 22.7 Å². The van der Waals surface area contributed by atoms with Gasteiger partial charge in [-0.2, -0.15) is 5.10 Å². The fourth-order valence-corrected chi connectivity index (χ4v) is 1.22. The van der Waals surface area contributed by atoms with Gasteiger partial charge < -0.3 is 10.5 Å². The molecule has 5 nitrogen and oxygen atoms in total. The SMILES string of the molecule is COC(=O)c1cc2cc(N)ccn2n1. The number of hydrogen-bond donors (Lipinski definition) is 1. The molecule has 14 heavy (non-hydrogen) atoms. The zero-order valence-corrected chi connectivity index (χ0v) is 7.60. The largest absolute Gasteiger partial charge is 0.464 e. The van der Waals surface area contributed by atoms with Crippen LogP contribution < -0.4 is 5.73 Å². The number of carbonyl (C=O) groups is 1. The standard InChI is InChI=1S/C9H9N3O2/c1-14-9(13)8-5-7-4-6(10)2-3-12(7)11-8/h2-5H,10H2,1H3. The number of ether oxygens (including phenoxy) is 1. The second-order valence-corrected chi connectivity index (χ2v) is 2.85. The van der Waals surface area contributed by atoms with E-state index in [0.29, 0.717) is 5.69 Å². The van der Waals surface area contributed by atoms with Gasteiger partial charge in [0.2, 0.25) is 0 Å². The first-order chi connectivity index (χ1) is 6.70. The van der Waals surface area contributed by atoms with Crippen molar-refractivity contribution >= 4 is 17.2 Å². The highest BCUT2D eigenvalue weighted by Gasteiger charge is 2.10. The molecule has 0 saturated heterocycles. The minimum absolute atomic E-state index is 0.276. The Hall–Kier alpha value is -2.04. The normalized spacial score (nSPS) is 10.4. The summed E-state index contributed by atoms with van der Waals surface area (Å²) < 4.78 is 6.12. The van der Waals surface area contributed by atoms with E-state index in [4.69, 9.17) is 5.73 Å². The molecule has 0 aliphatic heterocycles. The topological polar surface area (TPSA) is 69.6 Å². The lowest BCUT2D eigenvalue weighted by molar-refractivity contribution is 0.0593. The number of nitrogens with two attached hydrogens (primary N) is 1. The lowest BCUT2D eigenvalue weighted by atomic mass is 10.3. The van der Waals surface area contributed by atoms with Gasteiger partial charge >= 0.3 is 5.97 Å². The molecule has 2 rings (SSSR count). The lowest BCUT2D eigenvalue weighted by Crippen LogP contribution is -2.01. The Morgan fingerprint density at radius 3 is 3.07 bits per heavy atom. The van der Waals surface area contributed by atoms with E-state index in [9.17, 15) is 4.79 Å². The molecular weight excluding hydrogens is 182 g/mol. The summed E-state index contributed by atoms with van der Waals surface area (Å²) in [5.74, 6) is -0.452. The molecule has 2 N–H and O–H groups in total. The maximum absolute atomic E-state index is 11.1. The van der Waals surface area contributed by atoms with Gasteiger partial charge in [-0.1, -0.05) is 0 Å². The van der Waals surface area contributed by atoms with E-state index in [1.54, 1.807) is 28.9 Å². The van der Waals surface area contributed by atoms with Crippen LogP contribution in [0.2, 0.25) is 0 Å². The first-order valence-electron chi connectivity index (χ1n) is 4.04. The van der Waals surface area contributed by atoms with E-state index >= 15 is 0 Å². The van der Waals surface area contributed by atoms with E-state index in [1.807, 2.05) is 0 Å². The van der Waals surface area contributed by atoms with E-state index in [-0.39, 0.29) is 5.69 Å². The first-order valence-corrected chi connectivity index (χ1v) is 4.04.